The topological polar surface area (TPSA) is 28.2 Å². The zero-order valence-electron chi connectivity index (χ0n) is 13.4. The van der Waals surface area contributed by atoms with Crippen LogP contribution >= 0.6 is 11.3 Å². The third-order valence-electron chi connectivity index (χ3n) is 4.02. The molecule has 0 radical (unpaired) electrons. The van der Waals surface area contributed by atoms with Gasteiger partial charge in [-0.15, -0.1) is 11.3 Å². The highest BCUT2D eigenvalue weighted by atomic mass is 32.1. The van der Waals surface area contributed by atoms with Crippen LogP contribution in [0.2, 0.25) is 0 Å². The van der Waals surface area contributed by atoms with E-state index < -0.39 is 0 Å². The molecule has 0 bridgehead atoms. The Bertz CT molecular complexity index is 410. The van der Waals surface area contributed by atoms with E-state index in [0.717, 1.165) is 25.6 Å². The van der Waals surface area contributed by atoms with Crippen molar-refractivity contribution >= 4 is 16.5 Å². The first-order valence-electron chi connectivity index (χ1n) is 8.04. The van der Waals surface area contributed by atoms with Crippen molar-refractivity contribution < 1.29 is 0 Å². The first-order chi connectivity index (χ1) is 9.61. The maximum Gasteiger partial charge on any atom is 0.185 e. The normalized spacial score (nSPS) is 15.7. The SMILES string of the molecule is CCCc1nc(N(C)C2CCC2)sc1CNCC(C)C. The number of hydrogen-bond acceptors (Lipinski definition) is 4. The summed E-state index contributed by atoms with van der Waals surface area (Å²) >= 11 is 1.89. The highest BCUT2D eigenvalue weighted by Crippen LogP contribution is 2.33. The molecule has 0 aliphatic heterocycles. The summed E-state index contributed by atoms with van der Waals surface area (Å²) in [4.78, 5) is 8.75. The third kappa shape index (κ3) is 3.95. The predicted molar refractivity (Wildman–Crippen MR) is 88.7 cm³/mol. The van der Waals surface area contributed by atoms with Gasteiger partial charge in [0.25, 0.3) is 0 Å². The van der Waals surface area contributed by atoms with Crippen LogP contribution in [-0.4, -0.2) is 24.6 Å². The van der Waals surface area contributed by atoms with E-state index in [0.29, 0.717) is 5.92 Å². The van der Waals surface area contributed by atoms with Crippen molar-refractivity contribution in [2.75, 3.05) is 18.5 Å². The molecule has 1 aromatic rings. The first-order valence-corrected chi connectivity index (χ1v) is 8.85. The molecule has 0 atom stereocenters. The van der Waals surface area contributed by atoms with Crippen LogP contribution in [-0.2, 0) is 13.0 Å². The van der Waals surface area contributed by atoms with Gasteiger partial charge in [-0.1, -0.05) is 27.2 Å². The standard InChI is InChI=1S/C16H29N3S/c1-5-7-14-15(11-17-10-12(2)3)20-16(18-14)19(4)13-8-6-9-13/h12-13,17H,5-11H2,1-4H3. The van der Waals surface area contributed by atoms with E-state index in [1.807, 2.05) is 11.3 Å². The first kappa shape index (κ1) is 15.8. The Morgan fingerprint density at radius 1 is 1.40 bits per heavy atom. The molecule has 114 valence electrons. The second kappa shape index (κ2) is 7.41. The number of nitrogens with one attached hydrogen (secondary N) is 1. The molecule has 1 N–H and O–H groups in total. The second-order valence-corrected chi connectivity index (χ2v) is 7.40. The summed E-state index contributed by atoms with van der Waals surface area (Å²) in [5, 5.41) is 4.78. The minimum absolute atomic E-state index is 0.703. The van der Waals surface area contributed by atoms with Gasteiger partial charge < -0.3 is 10.2 Å². The van der Waals surface area contributed by atoms with Gasteiger partial charge in [0.2, 0.25) is 0 Å². The van der Waals surface area contributed by atoms with Crippen molar-refractivity contribution in [3.8, 4) is 0 Å². The molecule has 3 nitrogen and oxygen atoms in total. The van der Waals surface area contributed by atoms with E-state index in [2.05, 4.69) is 38.0 Å². The van der Waals surface area contributed by atoms with Gasteiger partial charge in [-0.25, -0.2) is 4.98 Å². The Labute approximate surface area is 127 Å². The molecule has 0 amide bonds. The van der Waals surface area contributed by atoms with Gasteiger partial charge in [0.15, 0.2) is 5.13 Å². The predicted octanol–water partition coefficient (Wildman–Crippen LogP) is 3.83. The highest BCUT2D eigenvalue weighted by molar-refractivity contribution is 7.15. The van der Waals surface area contributed by atoms with Crippen molar-refractivity contribution in [3.05, 3.63) is 10.6 Å². The second-order valence-electron chi connectivity index (χ2n) is 6.34. The molecular formula is C16H29N3S. The fourth-order valence-electron chi connectivity index (χ4n) is 2.50. The minimum Gasteiger partial charge on any atom is -0.348 e. The van der Waals surface area contributed by atoms with E-state index in [4.69, 9.17) is 4.98 Å². The monoisotopic (exact) mass is 295 g/mol. The van der Waals surface area contributed by atoms with Crippen molar-refractivity contribution in [1.82, 2.24) is 10.3 Å². The van der Waals surface area contributed by atoms with Crippen molar-refractivity contribution in [2.45, 2.75) is 65.5 Å². The molecule has 1 aliphatic rings. The molecule has 20 heavy (non-hydrogen) atoms. The maximum atomic E-state index is 4.90. The number of thiazole rings is 1. The molecule has 1 saturated carbocycles. The van der Waals surface area contributed by atoms with Crippen LogP contribution in [0.15, 0.2) is 0 Å². The zero-order valence-corrected chi connectivity index (χ0v) is 14.2. The molecule has 0 unspecified atom stereocenters. The van der Waals surface area contributed by atoms with Gasteiger partial charge in [-0.05, 0) is 38.1 Å². The van der Waals surface area contributed by atoms with Gasteiger partial charge in [0.1, 0.15) is 0 Å². The third-order valence-corrected chi connectivity index (χ3v) is 5.20. The summed E-state index contributed by atoms with van der Waals surface area (Å²) in [6.07, 6.45) is 6.33. The number of nitrogens with zero attached hydrogens (tertiary/aromatic N) is 2. The summed E-state index contributed by atoms with van der Waals surface area (Å²) in [5.41, 5.74) is 1.31. The van der Waals surface area contributed by atoms with E-state index in [1.165, 1.54) is 41.4 Å². The van der Waals surface area contributed by atoms with Crippen LogP contribution in [0.4, 0.5) is 5.13 Å². The van der Waals surface area contributed by atoms with Crippen LogP contribution in [0.25, 0.3) is 0 Å². The lowest BCUT2D eigenvalue weighted by Crippen LogP contribution is -2.37. The average molecular weight is 295 g/mol. The lowest BCUT2D eigenvalue weighted by molar-refractivity contribution is 0.401. The summed E-state index contributed by atoms with van der Waals surface area (Å²) in [5.74, 6) is 0.703. The zero-order chi connectivity index (χ0) is 14.5. The van der Waals surface area contributed by atoms with E-state index >= 15 is 0 Å². The van der Waals surface area contributed by atoms with Crippen LogP contribution in [0.5, 0.6) is 0 Å². The number of aromatic nitrogens is 1. The molecule has 1 aromatic heterocycles. The Hall–Kier alpha value is -0.610. The lowest BCUT2D eigenvalue weighted by Gasteiger charge is -2.34. The molecule has 2 rings (SSSR count). The Morgan fingerprint density at radius 2 is 2.15 bits per heavy atom. The molecule has 1 aliphatic carbocycles. The molecule has 0 spiro atoms. The molecular weight excluding hydrogens is 266 g/mol. The van der Waals surface area contributed by atoms with Crippen molar-refractivity contribution in [2.24, 2.45) is 5.92 Å². The summed E-state index contributed by atoms with van der Waals surface area (Å²) < 4.78 is 0. The van der Waals surface area contributed by atoms with Gasteiger partial charge >= 0.3 is 0 Å². The molecule has 1 fully saturated rings. The van der Waals surface area contributed by atoms with Gasteiger partial charge in [-0.2, -0.15) is 0 Å². The average Bonchev–Trinajstić information content (AvgIpc) is 2.70. The number of aryl methyl sites for hydroxylation is 1. The van der Waals surface area contributed by atoms with Gasteiger partial charge in [0.05, 0.1) is 5.69 Å². The largest absolute Gasteiger partial charge is 0.348 e. The van der Waals surface area contributed by atoms with Crippen molar-refractivity contribution in [3.63, 3.8) is 0 Å². The maximum absolute atomic E-state index is 4.90. The summed E-state index contributed by atoms with van der Waals surface area (Å²) in [6.45, 7) is 8.80. The minimum atomic E-state index is 0.703. The number of rotatable bonds is 8. The Morgan fingerprint density at radius 3 is 2.70 bits per heavy atom. The van der Waals surface area contributed by atoms with Crippen LogP contribution in [0.3, 0.4) is 0 Å². The quantitative estimate of drug-likeness (QED) is 0.790. The number of anilines is 1. The fourth-order valence-corrected chi connectivity index (χ4v) is 3.60. The Balaban J connectivity index is 2.02. The van der Waals surface area contributed by atoms with Crippen LogP contribution < -0.4 is 10.2 Å². The Kier molecular flexibility index (Phi) is 5.85. The molecule has 0 aromatic carbocycles. The lowest BCUT2D eigenvalue weighted by atomic mass is 9.92. The van der Waals surface area contributed by atoms with E-state index in [9.17, 15) is 0 Å². The van der Waals surface area contributed by atoms with E-state index in [1.54, 1.807) is 0 Å². The van der Waals surface area contributed by atoms with Gasteiger partial charge in [-0.3, -0.25) is 0 Å². The smallest absolute Gasteiger partial charge is 0.185 e. The van der Waals surface area contributed by atoms with E-state index in [-0.39, 0.29) is 0 Å². The van der Waals surface area contributed by atoms with Crippen LogP contribution in [0, 0.1) is 5.92 Å². The molecule has 0 saturated heterocycles. The highest BCUT2D eigenvalue weighted by Gasteiger charge is 2.25. The summed E-state index contributed by atoms with van der Waals surface area (Å²) in [6, 6.07) is 0.729. The molecule has 1 heterocycles. The molecule has 4 heteroatoms. The number of hydrogen-bond donors (Lipinski definition) is 1. The summed E-state index contributed by atoms with van der Waals surface area (Å²) in [7, 11) is 2.21. The van der Waals surface area contributed by atoms with Crippen LogP contribution in [0.1, 0.15) is 57.0 Å². The van der Waals surface area contributed by atoms with Gasteiger partial charge in [0, 0.05) is 24.5 Å². The van der Waals surface area contributed by atoms with Crippen molar-refractivity contribution in [1.29, 1.82) is 0 Å². The fraction of sp³-hybridized carbons (Fsp3) is 0.812.